The van der Waals surface area contributed by atoms with E-state index in [-0.39, 0.29) is 31.0 Å². The number of hydrogen-bond acceptors (Lipinski definition) is 3. The molecule has 0 aromatic heterocycles. The van der Waals surface area contributed by atoms with Crippen molar-refractivity contribution >= 4 is 35.0 Å². The van der Waals surface area contributed by atoms with Crippen LogP contribution < -0.4 is 10.1 Å². The largest absolute Gasteiger partial charge is 0.484 e. The van der Waals surface area contributed by atoms with Crippen LogP contribution in [0.1, 0.15) is 45.2 Å². The maximum absolute atomic E-state index is 13.1. The summed E-state index contributed by atoms with van der Waals surface area (Å²) in [7, 11) is 0. The van der Waals surface area contributed by atoms with E-state index in [9.17, 15) is 9.59 Å². The van der Waals surface area contributed by atoms with Gasteiger partial charge in [-0.15, -0.1) is 0 Å². The van der Waals surface area contributed by atoms with Gasteiger partial charge >= 0.3 is 0 Å². The molecular formula is C24H30Cl2N2O3. The highest BCUT2D eigenvalue weighted by Gasteiger charge is 2.28. The first-order valence-corrected chi connectivity index (χ1v) is 11.3. The summed E-state index contributed by atoms with van der Waals surface area (Å²) in [6.07, 6.45) is 1.72. The standard InChI is InChI=1S/C24H30Cl2N2O3/c1-5-16(3)27-24(30)17(4)28(14-20-21(25)8-7-9-22(20)26)23(29)15-31-19-12-10-18(6-2)11-13-19/h7-13,16-17H,5-6,14-15H2,1-4H3,(H,27,30)/t16-,17-/m0/s1. The van der Waals surface area contributed by atoms with Gasteiger partial charge in [-0.25, -0.2) is 0 Å². The molecular weight excluding hydrogens is 435 g/mol. The minimum absolute atomic E-state index is 0.00383. The lowest BCUT2D eigenvalue weighted by atomic mass is 10.1. The molecule has 0 bridgehead atoms. The van der Waals surface area contributed by atoms with Gasteiger partial charge in [0, 0.05) is 28.2 Å². The van der Waals surface area contributed by atoms with Gasteiger partial charge in [0.05, 0.1) is 0 Å². The number of carbonyl (C=O) groups excluding carboxylic acids is 2. The molecule has 2 atom stereocenters. The van der Waals surface area contributed by atoms with Crippen LogP contribution in [0.3, 0.4) is 0 Å². The highest BCUT2D eigenvalue weighted by atomic mass is 35.5. The molecule has 0 aliphatic heterocycles. The van der Waals surface area contributed by atoms with E-state index in [0.29, 0.717) is 21.4 Å². The Bertz CT molecular complexity index is 867. The van der Waals surface area contributed by atoms with E-state index in [1.54, 1.807) is 25.1 Å². The van der Waals surface area contributed by atoms with Crippen LogP contribution in [0.15, 0.2) is 42.5 Å². The monoisotopic (exact) mass is 464 g/mol. The second-order valence-corrected chi connectivity index (χ2v) is 8.32. The molecule has 0 saturated carbocycles. The summed E-state index contributed by atoms with van der Waals surface area (Å²) in [5.41, 5.74) is 1.78. The van der Waals surface area contributed by atoms with Gasteiger partial charge in [0.1, 0.15) is 11.8 Å². The molecule has 0 spiro atoms. The number of benzene rings is 2. The number of amides is 2. The highest BCUT2D eigenvalue weighted by molar-refractivity contribution is 6.36. The van der Waals surface area contributed by atoms with Crippen LogP contribution in [0.25, 0.3) is 0 Å². The predicted octanol–water partition coefficient (Wildman–Crippen LogP) is 5.27. The predicted molar refractivity (Wildman–Crippen MR) is 126 cm³/mol. The van der Waals surface area contributed by atoms with Crippen molar-refractivity contribution in [1.82, 2.24) is 10.2 Å². The fourth-order valence-corrected chi connectivity index (χ4v) is 3.47. The van der Waals surface area contributed by atoms with Crippen molar-refractivity contribution in [2.75, 3.05) is 6.61 Å². The zero-order valence-corrected chi connectivity index (χ0v) is 20.0. The van der Waals surface area contributed by atoms with E-state index < -0.39 is 6.04 Å². The summed E-state index contributed by atoms with van der Waals surface area (Å²) in [5.74, 6) is 0.0264. The van der Waals surface area contributed by atoms with Crippen molar-refractivity contribution in [3.8, 4) is 5.75 Å². The molecule has 0 fully saturated rings. The Kier molecular flexibility index (Phi) is 9.66. The number of nitrogens with one attached hydrogen (secondary N) is 1. The van der Waals surface area contributed by atoms with Crippen LogP contribution in [0.5, 0.6) is 5.75 Å². The summed E-state index contributed by atoms with van der Waals surface area (Å²) in [6, 6.07) is 12.0. The maximum atomic E-state index is 13.1. The number of hydrogen-bond donors (Lipinski definition) is 1. The molecule has 0 aliphatic rings. The Morgan fingerprint density at radius 2 is 1.65 bits per heavy atom. The number of carbonyl (C=O) groups is 2. The van der Waals surface area contributed by atoms with E-state index in [1.807, 2.05) is 38.1 Å². The lowest BCUT2D eigenvalue weighted by molar-refractivity contribution is -0.142. The molecule has 0 heterocycles. The van der Waals surface area contributed by atoms with Gasteiger partial charge in [0.25, 0.3) is 5.91 Å². The Labute approximate surface area is 194 Å². The zero-order chi connectivity index (χ0) is 23.0. The lowest BCUT2D eigenvalue weighted by Crippen LogP contribution is -2.50. The molecule has 5 nitrogen and oxygen atoms in total. The summed E-state index contributed by atoms with van der Waals surface area (Å²) in [4.78, 5) is 27.3. The number of nitrogens with zero attached hydrogens (tertiary/aromatic N) is 1. The third kappa shape index (κ3) is 7.15. The third-order valence-corrected chi connectivity index (χ3v) is 5.96. The lowest BCUT2D eigenvalue weighted by Gasteiger charge is -2.30. The molecule has 0 aliphatic carbocycles. The number of rotatable bonds is 10. The molecule has 168 valence electrons. The smallest absolute Gasteiger partial charge is 0.261 e. The third-order valence-electron chi connectivity index (χ3n) is 5.25. The molecule has 31 heavy (non-hydrogen) atoms. The summed E-state index contributed by atoms with van der Waals surface area (Å²) in [6.45, 7) is 7.57. The fraction of sp³-hybridized carbons (Fsp3) is 0.417. The molecule has 0 saturated heterocycles. The van der Waals surface area contributed by atoms with Crippen molar-refractivity contribution in [2.45, 2.75) is 59.2 Å². The maximum Gasteiger partial charge on any atom is 0.261 e. The SMILES string of the molecule is CCc1ccc(OCC(=O)N(Cc2c(Cl)cccc2Cl)[C@@H](C)C(=O)N[C@@H](C)CC)cc1. The first-order valence-electron chi connectivity index (χ1n) is 10.5. The second-order valence-electron chi connectivity index (χ2n) is 7.50. The Morgan fingerprint density at radius 1 is 1.03 bits per heavy atom. The molecule has 2 rings (SSSR count). The van der Waals surface area contributed by atoms with Crippen LogP contribution in [-0.4, -0.2) is 35.4 Å². The normalized spacial score (nSPS) is 12.7. The number of halogens is 2. The van der Waals surface area contributed by atoms with E-state index >= 15 is 0 Å². The van der Waals surface area contributed by atoms with Gasteiger partial charge in [0.15, 0.2) is 6.61 Å². The quantitative estimate of drug-likeness (QED) is 0.520. The van der Waals surface area contributed by atoms with Gasteiger partial charge < -0.3 is 15.0 Å². The van der Waals surface area contributed by atoms with Crippen molar-refractivity contribution in [1.29, 1.82) is 0 Å². The summed E-state index contributed by atoms with van der Waals surface area (Å²) in [5, 5.41) is 3.81. The molecule has 0 radical (unpaired) electrons. The molecule has 0 unspecified atom stereocenters. The van der Waals surface area contributed by atoms with E-state index in [1.165, 1.54) is 10.5 Å². The summed E-state index contributed by atoms with van der Waals surface area (Å²) >= 11 is 12.6. The highest BCUT2D eigenvalue weighted by Crippen LogP contribution is 2.26. The van der Waals surface area contributed by atoms with Gasteiger partial charge in [-0.3, -0.25) is 9.59 Å². The van der Waals surface area contributed by atoms with E-state index in [0.717, 1.165) is 12.8 Å². The zero-order valence-electron chi connectivity index (χ0n) is 18.5. The van der Waals surface area contributed by atoms with Gasteiger partial charge in [-0.1, -0.05) is 55.2 Å². The molecule has 1 N–H and O–H groups in total. The topological polar surface area (TPSA) is 58.6 Å². The van der Waals surface area contributed by atoms with E-state index in [2.05, 4.69) is 12.2 Å². The number of aryl methyl sites for hydroxylation is 1. The van der Waals surface area contributed by atoms with Crippen molar-refractivity contribution in [2.24, 2.45) is 0 Å². The fourth-order valence-electron chi connectivity index (χ4n) is 2.95. The first-order chi connectivity index (χ1) is 14.8. The Hall–Kier alpha value is -2.24. The van der Waals surface area contributed by atoms with Crippen LogP contribution in [0.4, 0.5) is 0 Å². The molecule has 2 amide bonds. The van der Waals surface area contributed by atoms with Crippen molar-refractivity contribution in [3.05, 3.63) is 63.6 Å². The Balaban J connectivity index is 2.20. The molecule has 2 aromatic rings. The Morgan fingerprint density at radius 3 is 2.19 bits per heavy atom. The van der Waals surface area contributed by atoms with Gasteiger partial charge in [-0.2, -0.15) is 0 Å². The molecule has 7 heteroatoms. The van der Waals surface area contributed by atoms with Crippen LogP contribution in [-0.2, 0) is 22.6 Å². The van der Waals surface area contributed by atoms with Crippen molar-refractivity contribution < 1.29 is 14.3 Å². The number of ether oxygens (including phenoxy) is 1. The molecule has 2 aromatic carbocycles. The van der Waals surface area contributed by atoms with Crippen LogP contribution in [0.2, 0.25) is 10.0 Å². The van der Waals surface area contributed by atoms with Crippen LogP contribution >= 0.6 is 23.2 Å². The average Bonchev–Trinajstić information content (AvgIpc) is 2.77. The minimum Gasteiger partial charge on any atom is -0.484 e. The van der Waals surface area contributed by atoms with Crippen LogP contribution in [0, 0.1) is 0 Å². The van der Waals surface area contributed by atoms with E-state index in [4.69, 9.17) is 27.9 Å². The minimum atomic E-state index is -0.722. The average molecular weight is 465 g/mol. The van der Waals surface area contributed by atoms with Gasteiger partial charge in [0.2, 0.25) is 5.91 Å². The van der Waals surface area contributed by atoms with Gasteiger partial charge in [-0.05, 0) is 56.5 Å². The second kappa shape index (κ2) is 12.0. The summed E-state index contributed by atoms with van der Waals surface area (Å²) < 4.78 is 5.69. The first kappa shape index (κ1) is 25.0. The van der Waals surface area contributed by atoms with Crippen molar-refractivity contribution in [3.63, 3.8) is 0 Å².